The molecule has 2 aliphatic heterocycles. The van der Waals surface area contributed by atoms with Crippen molar-refractivity contribution in [3.05, 3.63) is 71.8 Å². The molecule has 0 bridgehead atoms. The Balaban J connectivity index is 1.15. The van der Waals surface area contributed by atoms with E-state index in [0.29, 0.717) is 31.6 Å². The first-order valence-electron chi connectivity index (χ1n) is 10.2. The van der Waals surface area contributed by atoms with Gasteiger partial charge in [-0.3, -0.25) is 9.78 Å². The Hall–Kier alpha value is -3.61. The standard InChI is InChI=1S/C24H21FN2O4/c25-20-11-17(16-2-1-7-26-12-16)9-18-10-19(31-24(18)20)13-27-23(28)6-4-15-3-5-21-22(8-15)30-14-29-21/h1-3,5,7-9,11-12,19H,4,6,10,13-14H2,(H,27,28)/t19-/m1/s1. The lowest BCUT2D eigenvalue weighted by atomic mass is 10.0. The summed E-state index contributed by atoms with van der Waals surface area (Å²) in [5, 5.41) is 2.90. The van der Waals surface area contributed by atoms with Gasteiger partial charge in [0, 0.05) is 36.4 Å². The lowest BCUT2D eigenvalue weighted by Crippen LogP contribution is -2.34. The van der Waals surface area contributed by atoms with E-state index in [4.69, 9.17) is 14.2 Å². The first-order chi connectivity index (χ1) is 15.2. The minimum atomic E-state index is -0.395. The van der Waals surface area contributed by atoms with Crippen molar-refractivity contribution >= 4 is 5.91 Å². The molecule has 0 saturated carbocycles. The van der Waals surface area contributed by atoms with Crippen molar-refractivity contribution in [2.45, 2.75) is 25.4 Å². The van der Waals surface area contributed by atoms with Crippen LogP contribution in [0.5, 0.6) is 17.2 Å². The minimum Gasteiger partial charge on any atom is -0.485 e. The average Bonchev–Trinajstić information content (AvgIpc) is 3.43. The van der Waals surface area contributed by atoms with Crippen molar-refractivity contribution in [1.82, 2.24) is 10.3 Å². The van der Waals surface area contributed by atoms with Crippen molar-refractivity contribution < 1.29 is 23.4 Å². The number of ether oxygens (including phenoxy) is 3. The van der Waals surface area contributed by atoms with Crippen LogP contribution in [0.2, 0.25) is 0 Å². The van der Waals surface area contributed by atoms with Gasteiger partial charge in [-0.25, -0.2) is 4.39 Å². The molecule has 1 aromatic heterocycles. The molecular weight excluding hydrogens is 399 g/mol. The smallest absolute Gasteiger partial charge is 0.231 e. The highest BCUT2D eigenvalue weighted by Crippen LogP contribution is 2.36. The average molecular weight is 420 g/mol. The molecule has 1 atom stereocenters. The summed E-state index contributed by atoms with van der Waals surface area (Å²) in [6.45, 7) is 0.559. The molecule has 0 spiro atoms. The zero-order chi connectivity index (χ0) is 21.2. The molecule has 6 nitrogen and oxygen atoms in total. The van der Waals surface area contributed by atoms with E-state index in [1.54, 1.807) is 12.4 Å². The number of rotatable bonds is 6. The second-order valence-electron chi connectivity index (χ2n) is 7.62. The monoisotopic (exact) mass is 420 g/mol. The molecule has 1 N–H and O–H groups in total. The van der Waals surface area contributed by atoms with Gasteiger partial charge in [0.25, 0.3) is 0 Å². The molecule has 5 rings (SSSR count). The van der Waals surface area contributed by atoms with Gasteiger partial charge in [-0.1, -0.05) is 12.1 Å². The van der Waals surface area contributed by atoms with E-state index in [9.17, 15) is 9.18 Å². The Kier molecular flexibility index (Phi) is 5.16. The summed E-state index contributed by atoms with van der Waals surface area (Å²) >= 11 is 0. The van der Waals surface area contributed by atoms with E-state index >= 15 is 0 Å². The zero-order valence-electron chi connectivity index (χ0n) is 16.8. The molecule has 2 aromatic carbocycles. The number of pyridine rings is 1. The van der Waals surface area contributed by atoms with Crippen LogP contribution in [0.15, 0.2) is 54.9 Å². The fourth-order valence-corrected chi connectivity index (χ4v) is 3.87. The van der Waals surface area contributed by atoms with Crippen molar-refractivity contribution in [2.24, 2.45) is 0 Å². The third-order valence-electron chi connectivity index (χ3n) is 5.45. The van der Waals surface area contributed by atoms with Gasteiger partial charge in [0.1, 0.15) is 6.10 Å². The van der Waals surface area contributed by atoms with E-state index in [1.165, 1.54) is 6.07 Å². The SMILES string of the molecule is O=C(CCc1ccc2c(c1)OCO2)NC[C@H]1Cc2cc(-c3cccnc3)cc(F)c2O1. The number of nitrogens with one attached hydrogen (secondary N) is 1. The predicted molar refractivity (Wildman–Crippen MR) is 112 cm³/mol. The number of fused-ring (bicyclic) bond motifs is 2. The second kappa shape index (κ2) is 8.26. The highest BCUT2D eigenvalue weighted by atomic mass is 19.1. The number of hydrogen-bond acceptors (Lipinski definition) is 5. The molecule has 0 unspecified atom stereocenters. The molecule has 3 heterocycles. The van der Waals surface area contributed by atoms with Gasteiger partial charge in [-0.05, 0) is 47.9 Å². The van der Waals surface area contributed by atoms with E-state index in [-0.39, 0.29) is 24.6 Å². The number of aryl methyl sites for hydroxylation is 1. The molecular formula is C24H21FN2O4. The number of aromatic nitrogens is 1. The summed E-state index contributed by atoms with van der Waals surface area (Å²) in [7, 11) is 0. The lowest BCUT2D eigenvalue weighted by Gasteiger charge is -2.12. The van der Waals surface area contributed by atoms with Crippen LogP contribution in [-0.4, -0.2) is 30.3 Å². The molecule has 31 heavy (non-hydrogen) atoms. The molecule has 158 valence electrons. The summed E-state index contributed by atoms with van der Waals surface area (Å²) in [5.41, 5.74) is 3.43. The minimum absolute atomic E-state index is 0.0752. The summed E-state index contributed by atoms with van der Waals surface area (Å²) in [6, 6.07) is 12.8. The summed E-state index contributed by atoms with van der Waals surface area (Å²) in [6.07, 6.45) is 4.58. The largest absolute Gasteiger partial charge is 0.485 e. The molecule has 0 aliphatic carbocycles. The van der Waals surface area contributed by atoms with Gasteiger partial charge in [0.2, 0.25) is 12.7 Å². The van der Waals surface area contributed by atoms with Crippen LogP contribution in [0.3, 0.4) is 0 Å². The predicted octanol–water partition coefficient (Wildman–Crippen LogP) is 3.67. The fourth-order valence-electron chi connectivity index (χ4n) is 3.87. The summed E-state index contributed by atoms with van der Waals surface area (Å²) in [5.74, 6) is 1.24. The van der Waals surface area contributed by atoms with Crippen LogP contribution in [0.4, 0.5) is 4.39 Å². The number of hydrogen-bond donors (Lipinski definition) is 1. The lowest BCUT2D eigenvalue weighted by molar-refractivity contribution is -0.121. The van der Waals surface area contributed by atoms with E-state index in [0.717, 1.165) is 28.0 Å². The second-order valence-corrected chi connectivity index (χ2v) is 7.62. The number of benzene rings is 2. The van der Waals surface area contributed by atoms with Gasteiger partial charge in [0.05, 0.1) is 6.54 Å². The van der Waals surface area contributed by atoms with Crippen molar-refractivity contribution in [1.29, 1.82) is 0 Å². The Labute approximate surface area is 179 Å². The molecule has 0 fully saturated rings. The normalized spacial score (nSPS) is 16.0. The number of carbonyl (C=O) groups is 1. The molecule has 0 saturated heterocycles. The molecule has 3 aromatic rings. The molecule has 1 amide bonds. The van der Waals surface area contributed by atoms with Crippen LogP contribution in [0.1, 0.15) is 17.5 Å². The molecule has 7 heteroatoms. The maximum Gasteiger partial charge on any atom is 0.231 e. The highest BCUT2D eigenvalue weighted by Gasteiger charge is 2.27. The van der Waals surface area contributed by atoms with Crippen molar-refractivity contribution in [2.75, 3.05) is 13.3 Å². The number of amides is 1. The first-order valence-corrected chi connectivity index (χ1v) is 10.2. The van der Waals surface area contributed by atoms with Gasteiger partial charge >= 0.3 is 0 Å². The fraction of sp³-hybridized carbons (Fsp3) is 0.250. The Bertz CT molecular complexity index is 1120. The van der Waals surface area contributed by atoms with Crippen molar-refractivity contribution in [3.63, 3.8) is 0 Å². The van der Waals surface area contributed by atoms with Gasteiger partial charge < -0.3 is 19.5 Å². The van der Waals surface area contributed by atoms with E-state index in [2.05, 4.69) is 10.3 Å². The quantitative estimate of drug-likeness (QED) is 0.659. The van der Waals surface area contributed by atoms with Crippen LogP contribution in [-0.2, 0) is 17.6 Å². The van der Waals surface area contributed by atoms with Gasteiger partial charge in [-0.2, -0.15) is 0 Å². The number of carbonyl (C=O) groups excluding carboxylic acids is 1. The van der Waals surface area contributed by atoms with Crippen LogP contribution < -0.4 is 19.5 Å². The van der Waals surface area contributed by atoms with Crippen LogP contribution in [0.25, 0.3) is 11.1 Å². The highest BCUT2D eigenvalue weighted by molar-refractivity contribution is 5.76. The third-order valence-corrected chi connectivity index (χ3v) is 5.45. The summed E-state index contributed by atoms with van der Waals surface area (Å²) in [4.78, 5) is 16.4. The Morgan fingerprint density at radius 1 is 1.13 bits per heavy atom. The van der Waals surface area contributed by atoms with Crippen molar-refractivity contribution in [3.8, 4) is 28.4 Å². The molecule has 0 radical (unpaired) electrons. The van der Waals surface area contributed by atoms with E-state index < -0.39 is 5.82 Å². The number of nitrogens with zero attached hydrogens (tertiary/aromatic N) is 1. The van der Waals surface area contributed by atoms with Gasteiger partial charge in [-0.15, -0.1) is 0 Å². The Morgan fingerprint density at radius 2 is 2.03 bits per heavy atom. The third kappa shape index (κ3) is 4.17. The van der Waals surface area contributed by atoms with Gasteiger partial charge in [0.15, 0.2) is 23.1 Å². The van der Waals surface area contributed by atoms with Crippen LogP contribution in [0, 0.1) is 5.82 Å². The van der Waals surface area contributed by atoms with Crippen LogP contribution >= 0.6 is 0 Å². The first kappa shape index (κ1) is 19.4. The molecule has 2 aliphatic rings. The maximum atomic E-state index is 14.6. The Morgan fingerprint density at radius 3 is 2.90 bits per heavy atom. The zero-order valence-corrected chi connectivity index (χ0v) is 16.8. The van der Waals surface area contributed by atoms with E-state index in [1.807, 2.05) is 36.4 Å². The topological polar surface area (TPSA) is 69.7 Å². The maximum absolute atomic E-state index is 14.6. The number of halogens is 1. The summed E-state index contributed by atoms with van der Waals surface area (Å²) < 4.78 is 31.0.